The van der Waals surface area contributed by atoms with Crippen molar-refractivity contribution in [3.8, 4) is 6.07 Å². The second-order valence-corrected chi connectivity index (χ2v) is 9.17. The van der Waals surface area contributed by atoms with Gasteiger partial charge in [-0.05, 0) is 25.1 Å². The summed E-state index contributed by atoms with van der Waals surface area (Å²) in [5.74, 6) is -0.726. The molecule has 0 saturated carbocycles. The number of nitriles is 1. The van der Waals surface area contributed by atoms with E-state index in [2.05, 4.69) is 19.2 Å². The highest BCUT2D eigenvalue weighted by molar-refractivity contribution is 5.95. The topological polar surface area (TPSA) is 94.3 Å². The number of carbonyl (C=O) groups excluding carboxylic acids is 2. The fourth-order valence-electron chi connectivity index (χ4n) is 4.45. The van der Waals surface area contributed by atoms with Crippen LogP contribution in [-0.2, 0) is 19.5 Å². The van der Waals surface area contributed by atoms with Gasteiger partial charge in [-0.3, -0.25) is 9.48 Å². The van der Waals surface area contributed by atoms with E-state index in [-0.39, 0.29) is 35.5 Å². The molecule has 0 saturated heterocycles. The van der Waals surface area contributed by atoms with Crippen LogP contribution in [0.15, 0.2) is 18.2 Å². The Hall–Kier alpha value is -3.41. The van der Waals surface area contributed by atoms with Gasteiger partial charge in [0.05, 0.1) is 17.8 Å². The van der Waals surface area contributed by atoms with Crippen LogP contribution >= 0.6 is 0 Å². The van der Waals surface area contributed by atoms with Crippen LogP contribution < -0.4 is 5.32 Å². The molecular formula is C22H25FN6O2. The molecule has 31 heavy (non-hydrogen) atoms. The molecule has 2 aliphatic rings. The minimum absolute atomic E-state index is 0.0913. The Balaban J connectivity index is 1.63. The number of carbonyl (C=O) groups is 2. The number of anilines is 1. The Bertz CT molecular complexity index is 1120. The number of hydrogen-bond donors (Lipinski definition) is 1. The molecule has 1 unspecified atom stereocenters. The highest BCUT2D eigenvalue weighted by Gasteiger charge is 2.38. The molecule has 0 fully saturated rings. The van der Waals surface area contributed by atoms with E-state index in [1.165, 1.54) is 12.1 Å². The first-order valence-electron chi connectivity index (χ1n) is 10.2. The maximum absolute atomic E-state index is 13.6. The molecule has 0 bridgehead atoms. The van der Waals surface area contributed by atoms with E-state index in [1.54, 1.807) is 27.6 Å². The number of aromatic nitrogens is 2. The Morgan fingerprint density at radius 1 is 1.35 bits per heavy atom. The number of hydrogen-bond acceptors (Lipinski definition) is 4. The summed E-state index contributed by atoms with van der Waals surface area (Å²) in [5, 5.41) is 16.5. The van der Waals surface area contributed by atoms with Gasteiger partial charge in [0.1, 0.15) is 17.6 Å². The summed E-state index contributed by atoms with van der Waals surface area (Å²) in [7, 11) is 1.79. The number of urea groups is 1. The van der Waals surface area contributed by atoms with Crippen molar-refractivity contribution in [2.75, 3.05) is 18.9 Å². The number of rotatable bonds is 1. The molecule has 162 valence electrons. The monoisotopic (exact) mass is 424 g/mol. The summed E-state index contributed by atoms with van der Waals surface area (Å²) >= 11 is 0. The van der Waals surface area contributed by atoms with Crippen LogP contribution in [0.25, 0.3) is 0 Å². The van der Waals surface area contributed by atoms with Gasteiger partial charge in [-0.1, -0.05) is 13.8 Å². The Kier molecular flexibility index (Phi) is 4.96. The van der Waals surface area contributed by atoms with Crippen molar-refractivity contribution < 1.29 is 14.0 Å². The van der Waals surface area contributed by atoms with Crippen molar-refractivity contribution >= 4 is 17.6 Å². The zero-order chi connectivity index (χ0) is 22.5. The average molecular weight is 424 g/mol. The lowest BCUT2D eigenvalue weighted by atomic mass is 9.93. The van der Waals surface area contributed by atoms with Gasteiger partial charge in [0.15, 0.2) is 0 Å². The van der Waals surface area contributed by atoms with Gasteiger partial charge in [-0.15, -0.1) is 0 Å². The summed E-state index contributed by atoms with van der Waals surface area (Å²) in [6.45, 7) is 7.63. The molecule has 0 aliphatic carbocycles. The first-order valence-corrected chi connectivity index (χ1v) is 10.2. The van der Waals surface area contributed by atoms with Crippen LogP contribution in [0.4, 0.5) is 14.9 Å². The summed E-state index contributed by atoms with van der Waals surface area (Å²) in [4.78, 5) is 29.4. The molecule has 3 heterocycles. The molecule has 8 nitrogen and oxygen atoms in total. The number of nitrogens with one attached hydrogen (secondary N) is 1. The summed E-state index contributed by atoms with van der Waals surface area (Å²) < 4.78 is 15.4. The third-order valence-corrected chi connectivity index (χ3v) is 5.87. The first-order chi connectivity index (χ1) is 14.6. The molecule has 2 aromatic rings. The molecule has 0 radical (unpaired) electrons. The van der Waals surface area contributed by atoms with Gasteiger partial charge in [-0.25, -0.2) is 9.18 Å². The summed E-state index contributed by atoms with van der Waals surface area (Å²) in [5.41, 5.74) is 2.26. The predicted molar refractivity (Wildman–Crippen MR) is 112 cm³/mol. The van der Waals surface area contributed by atoms with E-state index in [4.69, 9.17) is 10.4 Å². The van der Waals surface area contributed by atoms with E-state index in [0.717, 1.165) is 17.3 Å². The maximum Gasteiger partial charge on any atom is 0.322 e. The van der Waals surface area contributed by atoms with Crippen molar-refractivity contribution in [1.82, 2.24) is 19.6 Å². The van der Waals surface area contributed by atoms with Crippen molar-refractivity contribution in [2.45, 2.75) is 46.3 Å². The van der Waals surface area contributed by atoms with E-state index in [1.807, 2.05) is 6.92 Å². The van der Waals surface area contributed by atoms with Crippen LogP contribution in [0.2, 0.25) is 0 Å². The molecule has 3 amide bonds. The fraction of sp³-hybridized carbons (Fsp3) is 0.455. The normalized spacial score (nSPS) is 19.9. The molecule has 1 aromatic heterocycles. The largest absolute Gasteiger partial charge is 0.340 e. The molecule has 2 aliphatic heterocycles. The molecular weight excluding hydrogens is 399 g/mol. The van der Waals surface area contributed by atoms with Gasteiger partial charge >= 0.3 is 6.03 Å². The number of nitrogens with zero attached hydrogens (tertiary/aromatic N) is 5. The zero-order valence-corrected chi connectivity index (χ0v) is 18.1. The third kappa shape index (κ3) is 3.74. The number of fused-ring (bicyclic) bond motifs is 3. The minimum Gasteiger partial charge on any atom is -0.340 e. The molecule has 1 atom stereocenters. The SMILES string of the molecule is CC1Cc2nn3c(c2CN1C(=O)Nc1ccc(F)c(C#N)c1)C(=O)N(C)CC(C)(C)C3. The van der Waals surface area contributed by atoms with Crippen molar-refractivity contribution in [3.63, 3.8) is 0 Å². The average Bonchev–Trinajstić information content (AvgIpc) is 2.99. The first kappa shape index (κ1) is 20.8. The second kappa shape index (κ2) is 7.38. The smallest absolute Gasteiger partial charge is 0.322 e. The van der Waals surface area contributed by atoms with Crippen LogP contribution in [0.3, 0.4) is 0 Å². The molecule has 4 rings (SSSR count). The van der Waals surface area contributed by atoms with Gasteiger partial charge in [-0.2, -0.15) is 10.4 Å². The Labute approximate surface area is 180 Å². The third-order valence-electron chi connectivity index (χ3n) is 5.87. The number of halogens is 1. The van der Waals surface area contributed by atoms with Gasteiger partial charge in [0.25, 0.3) is 5.91 Å². The second-order valence-electron chi connectivity index (χ2n) is 9.17. The fourth-order valence-corrected chi connectivity index (χ4v) is 4.45. The quantitative estimate of drug-likeness (QED) is 0.762. The van der Waals surface area contributed by atoms with Crippen LogP contribution in [0, 0.1) is 22.6 Å². The highest BCUT2D eigenvalue weighted by atomic mass is 19.1. The molecule has 9 heteroatoms. The van der Waals surface area contributed by atoms with Crippen molar-refractivity contribution in [3.05, 3.63) is 46.5 Å². The lowest BCUT2D eigenvalue weighted by molar-refractivity contribution is 0.0750. The van der Waals surface area contributed by atoms with Crippen molar-refractivity contribution in [1.29, 1.82) is 5.26 Å². The van der Waals surface area contributed by atoms with E-state index >= 15 is 0 Å². The summed E-state index contributed by atoms with van der Waals surface area (Å²) in [6.07, 6.45) is 0.535. The van der Waals surface area contributed by atoms with Gasteiger partial charge < -0.3 is 15.1 Å². The lowest BCUT2D eigenvalue weighted by Gasteiger charge is -2.33. The summed E-state index contributed by atoms with van der Waals surface area (Å²) in [6, 6.07) is 5.14. The number of benzene rings is 1. The highest BCUT2D eigenvalue weighted by Crippen LogP contribution is 2.32. The van der Waals surface area contributed by atoms with Crippen LogP contribution in [0.5, 0.6) is 0 Å². The van der Waals surface area contributed by atoms with E-state index < -0.39 is 5.82 Å². The van der Waals surface area contributed by atoms with Crippen molar-refractivity contribution in [2.24, 2.45) is 5.41 Å². The van der Waals surface area contributed by atoms with Gasteiger partial charge in [0.2, 0.25) is 0 Å². The van der Waals surface area contributed by atoms with E-state index in [0.29, 0.717) is 30.9 Å². The molecule has 1 N–H and O–H groups in total. The molecule has 1 aromatic carbocycles. The standard InChI is InChI=1S/C22H25FN6O2/c1-13-7-18-16(19-20(30)27(4)11-22(2,3)12-29(19)26-18)10-28(13)21(31)25-15-5-6-17(23)14(8-15)9-24/h5-6,8,13H,7,10-12H2,1-4H3,(H,25,31). The Morgan fingerprint density at radius 2 is 2.10 bits per heavy atom. The van der Waals surface area contributed by atoms with Crippen LogP contribution in [-0.4, -0.2) is 51.2 Å². The number of amides is 3. The maximum atomic E-state index is 13.6. The van der Waals surface area contributed by atoms with Gasteiger partial charge in [0, 0.05) is 49.3 Å². The predicted octanol–water partition coefficient (Wildman–Crippen LogP) is 2.98. The minimum atomic E-state index is -0.635. The molecule has 0 spiro atoms. The zero-order valence-electron chi connectivity index (χ0n) is 18.1. The van der Waals surface area contributed by atoms with E-state index in [9.17, 15) is 14.0 Å². The lowest BCUT2D eigenvalue weighted by Crippen LogP contribution is -2.45. The van der Waals surface area contributed by atoms with Crippen LogP contribution in [0.1, 0.15) is 48.1 Å². The Morgan fingerprint density at radius 3 is 2.81 bits per heavy atom.